The topological polar surface area (TPSA) is 0 Å². The van der Waals surface area contributed by atoms with Gasteiger partial charge in [0.15, 0.2) is 0 Å². The first kappa shape index (κ1) is 10.0. The maximum Gasteiger partial charge on any atom is 0.0342 e. The third kappa shape index (κ3) is 2.20. The monoisotopic (exact) mass is 183 g/mol. The Hall–Kier alpha value is -0.0800. The van der Waals surface area contributed by atoms with Gasteiger partial charge in [0.1, 0.15) is 0 Å². The van der Waals surface area contributed by atoms with Crippen LogP contribution in [0.4, 0.5) is 0 Å². The average molecular weight is 183 g/mol. The Kier molecular flexibility index (Phi) is 4.02. The average Bonchev–Trinajstić information content (AvgIpc) is 2.58. The Balaban J connectivity index is 0.000000720. The molecule has 0 unspecified atom stereocenters. The molecule has 0 spiro atoms. The molecule has 0 amide bonds. The van der Waals surface area contributed by atoms with Crippen LogP contribution in [0.1, 0.15) is 0 Å². The summed E-state index contributed by atoms with van der Waals surface area (Å²) < 4.78 is 0. The molecule has 1 radical (unpaired) electrons. The van der Waals surface area contributed by atoms with Crippen LogP contribution >= 0.6 is 11.3 Å². The molecule has 0 aliphatic carbocycles. The van der Waals surface area contributed by atoms with Crippen molar-refractivity contribution in [2.45, 2.75) is 0 Å². The van der Waals surface area contributed by atoms with Gasteiger partial charge in [0, 0.05) is 4.88 Å². The first-order valence-electron chi connectivity index (χ1n) is 3.47. The van der Waals surface area contributed by atoms with Gasteiger partial charge in [-0.1, -0.05) is 24.3 Å². The largest absolute Gasteiger partial charge is 0.144 e. The van der Waals surface area contributed by atoms with Gasteiger partial charge in [0.2, 0.25) is 0 Å². The van der Waals surface area contributed by atoms with E-state index >= 15 is 0 Å². The fraction of sp³-hybridized carbons (Fsp3) is 0. The molecule has 2 heteroatoms. The number of hydrogen-bond acceptors (Lipinski definition) is 1. The minimum absolute atomic E-state index is 0. The van der Waals surface area contributed by atoms with Crippen molar-refractivity contribution in [2.75, 3.05) is 0 Å². The van der Waals surface area contributed by atoms with E-state index < -0.39 is 0 Å². The Morgan fingerprint density at radius 1 is 1.17 bits per heavy atom. The molecule has 0 nitrogen and oxygen atoms in total. The van der Waals surface area contributed by atoms with Crippen LogP contribution in [-0.2, 0) is 0 Å². The van der Waals surface area contributed by atoms with Crippen molar-refractivity contribution in [1.29, 1.82) is 0 Å². The fourth-order valence-electron chi connectivity index (χ4n) is 0.989. The minimum Gasteiger partial charge on any atom is -0.144 e. The van der Waals surface area contributed by atoms with Gasteiger partial charge in [-0.3, -0.25) is 0 Å². The molecule has 1 aromatic heterocycles. The van der Waals surface area contributed by atoms with Gasteiger partial charge >= 0.3 is 29.6 Å². The second-order valence-electron chi connectivity index (χ2n) is 2.27. The van der Waals surface area contributed by atoms with Gasteiger partial charge in [-0.05, 0) is 29.1 Å². The van der Waals surface area contributed by atoms with Gasteiger partial charge in [-0.2, -0.15) is 0 Å². The predicted octanol–water partition coefficient (Wildman–Crippen LogP) is 2.57. The molecule has 0 saturated carbocycles. The van der Waals surface area contributed by atoms with Crippen LogP contribution in [0.3, 0.4) is 0 Å². The summed E-state index contributed by atoms with van der Waals surface area (Å²) in [4.78, 5) is 1.31. The van der Waals surface area contributed by atoms with Crippen LogP contribution in [0.2, 0.25) is 0 Å². The van der Waals surface area contributed by atoms with Crippen LogP contribution in [-0.4, -0.2) is 29.6 Å². The first-order valence-corrected chi connectivity index (χ1v) is 4.35. The van der Waals surface area contributed by atoms with Crippen LogP contribution in [0.25, 0.3) is 10.4 Å². The first-order chi connectivity index (χ1) is 5.47. The summed E-state index contributed by atoms with van der Waals surface area (Å²) >= 11 is 1.76. The Labute approximate surface area is 98.5 Å². The zero-order valence-corrected chi connectivity index (χ0v) is 6.77. The van der Waals surface area contributed by atoms with Crippen molar-refractivity contribution >= 4 is 40.9 Å². The number of hydrogen-bond donors (Lipinski definition) is 0. The van der Waals surface area contributed by atoms with Crippen molar-refractivity contribution in [3.05, 3.63) is 47.8 Å². The Morgan fingerprint density at radius 2 is 2.08 bits per heavy atom. The van der Waals surface area contributed by atoms with E-state index in [4.69, 9.17) is 0 Å². The molecular weight excluding hydrogens is 175 g/mol. The number of thiophene rings is 1. The Bertz CT molecular complexity index is 313. The molecule has 1 heterocycles. The van der Waals surface area contributed by atoms with E-state index in [1.54, 1.807) is 11.3 Å². The van der Waals surface area contributed by atoms with E-state index in [0.29, 0.717) is 0 Å². The summed E-state index contributed by atoms with van der Waals surface area (Å²) in [7, 11) is 0. The van der Waals surface area contributed by atoms with Crippen LogP contribution in [0.15, 0.2) is 41.8 Å². The van der Waals surface area contributed by atoms with E-state index in [2.05, 4.69) is 29.6 Å². The van der Waals surface area contributed by atoms with Crippen molar-refractivity contribution in [3.63, 3.8) is 0 Å². The normalized spacial score (nSPS) is 9.00. The van der Waals surface area contributed by atoms with E-state index in [1.165, 1.54) is 10.4 Å². The molecular formula is C10H8NaS. The van der Waals surface area contributed by atoms with E-state index in [0.717, 1.165) is 0 Å². The molecule has 2 aromatic rings. The van der Waals surface area contributed by atoms with E-state index in [9.17, 15) is 0 Å². The molecule has 0 N–H and O–H groups in total. The molecule has 0 saturated heterocycles. The quantitative estimate of drug-likeness (QED) is 0.596. The molecule has 12 heavy (non-hydrogen) atoms. The molecule has 0 atom stereocenters. The molecule has 0 fully saturated rings. The predicted molar refractivity (Wildman–Crippen MR) is 55.7 cm³/mol. The van der Waals surface area contributed by atoms with Crippen molar-refractivity contribution < 1.29 is 0 Å². The summed E-state index contributed by atoms with van der Waals surface area (Å²) in [5, 5.41) is 2.09. The third-order valence-electron chi connectivity index (χ3n) is 1.51. The standard InChI is InChI=1S/C10H7S.Na.H/c1-2-5-9(6-3-1)10-7-4-8-11-10;;/h1-2,4-8H;;. The molecule has 0 aliphatic heterocycles. The smallest absolute Gasteiger partial charge is 0.0342 e. The molecule has 2 rings (SSSR count). The maximum absolute atomic E-state index is 3.06. The van der Waals surface area contributed by atoms with E-state index in [-0.39, 0.29) is 29.6 Å². The molecule has 0 aliphatic rings. The third-order valence-corrected chi connectivity index (χ3v) is 2.43. The van der Waals surface area contributed by atoms with Crippen molar-refractivity contribution in [2.24, 2.45) is 0 Å². The second-order valence-corrected chi connectivity index (χ2v) is 3.22. The minimum atomic E-state index is 0. The SMILES string of the molecule is [NaH].[c]1cccc(-c2cccs2)c1. The van der Waals surface area contributed by atoms with Gasteiger partial charge in [-0.15, -0.1) is 11.3 Å². The van der Waals surface area contributed by atoms with Gasteiger partial charge < -0.3 is 0 Å². The Morgan fingerprint density at radius 3 is 2.67 bits per heavy atom. The summed E-state index contributed by atoms with van der Waals surface area (Å²) in [5.41, 5.74) is 1.25. The zero-order chi connectivity index (χ0) is 7.52. The second kappa shape index (κ2) is 4.83. The summed E-state index contributed by atoms with van der Waals surface area (Å²) in [6.45, 7) is 0. The number of rotatable bonds is 1. The summed E-state index contributed by atoms with van der Waals surface area (Å²) in [6.07, 6.45) is 0. The number of benzene rings is 1. The van der Waals surface area contributed by atoms with Crippen LogP contribution in [0, 0.1) is 6.07 Å². The molecule has 55 valence electrons. The maximum atomic E-state index is 3.06. The van der Waals surface area contributed by atoms with E-state index in [1.807, 2.05) is 18.2 Å². The van der Waals surface area contributed by atoms with Crippen molar-refractivity contribution in [3.8, 4) is 10.4 Å². The van der Waals surface area contributed by atoms with Crippen LogP contribution < -0.4 is 0 Å². The fourth-order valence-corrected chi connectivity index (χ4v) is 1.71. The zero-order valence-electron chi connectivity index (χ0n) is 5.95. The molecule has 0 bridgehead atoms. The summed E-state index contributed by atoms with van der Waals surface area (Å²) in [5.74, 6) is 0. The molecule has 1 aromatic carbocycles. The van der Waals surface area contributed by atoms with Gasteiger partial charge in [0.05, 0.1) is 0 Å². The van der Waals surface area contributed by atoms with Gasteiger partial charge in [-0.25, -0.2) is 0 Å². The van der Waals surface area contributed by atoms with Crippen molar-refractivity contribution in [1.82, 2.24) is 0 Å². The van der Waals surface area contributed by atoms with Crippen LogP contribution in [0.5, 0.6) is 0 Å². The van der Waals surface area contributed by atoms with Gasteiger partial charge in [0.25, 0.3) is 0 Å². The summed E-state index contributed by atoms with van der Waals surface area (Å²) in [6, 6.07) is 15.3.